The number of ether oxygens (including phenoxy) is 3. The number of nitro groups is 1. The van der Waals surface area contributed by atoms with Crippen molar-refractivity contribution in [3.8, 4) is 11.5 Å². The smallest absolute Gasteiger partial charge is 0.328 e. The molecule has 0 spiro atoms. The van der Waals surface area contributed by atoms with Gasteiger partial charge in [-0.2, -0.15) is 0 Å². The molecule has 1 aliphatic rings. The molecule has 0 aliphatic carbocycles. The first-order valence-electron chi connectivity index (χ1n) is 11.3. The summed E-state index contributed by atoms with van der Waals surface area (Å²) in [5.74, 6) is -0.374. The van der Waals surface area contributed by atoms with Crippen molar-refractivity contribution in [2.75, 3.05) is 13.7 Å². The molecule has 1 aliphatic heterocycles. The highest BCUT2D eigenvalue weighted by Crippen LogP contribution is 2.38. The van der Waals surface area contributed by atoms with E-state index in [1.165, 1.54) is 26.2 Å². The number of carbonyl (C=O) groups is 3. The first-order valence-corrected chi connectivity index (χ1v) is 12.1. The number of allylic oxidation sites excluding steroid dienone is 1. The van der Waals surface area contributed by atoms with Crippen molar-refractivity contribution < 1.29 is 33.5 Å². The van der Waals surface area contributed by atoms with Gasteiger partial charge in [0.25, 0.3) is 16.8 Å². The van der Waals surface area contributed by atoms with Crippen molar-refractivity contribution in [3.05, 3.63) is 80.8 Å². The summed E-state index contributed by atoms with van der Waals surface area (Å²) in [5, 5.41) is 10.3. The van der Waals surface area contributed by atoms with E-state index >= 15 is 0 Å². The number of hydrogen-bond donors (Lipinski definition) is 0. The van der Waals surface area contributed by atoms with Gasteiger partial charge in [0.1, 0.15) is 12.6 Å². The SMILES string of the molecule is C=CCc1cc(/C=C2/SC(=O)N([C@H](C)C(=O)OC)C2=O)cc(OCC)c1OCc1ccc([N+](=O)[O-])cc1. The molecule has 0 saturated carbocycles. The Bertz CT molecular complexity index is 1260. The number of amides is 2. The van der Waals surface area contributed by atoms with Crippen molar-refractivity contribution in [1.29, 1.82) is 0 Å². The summed E-state index contributed by atoms with van der Waals surface area (Å²) < 4.78 is 16.5. The minimum Gasteiger partial charge on any atom is -0.490 e. The molecular formula is C26H26N2O8S. The average molecular weight is 527 g/mol. The van der Waals surface area contributed by atoms with Gasteiger partial charge in [0, 0.05) is 17.7 Å². The fourth-order valence-electron chi connectivity index (χ4n) is 3.61. The molecule has 1 heterocycles. The van der Waals surface area contributed by atoms with Crippen molar-refractivity contribution in [1.82, 2.24) is 4.90 Å². The zero-order valence-electron chi connectivity index (χ0n) is 20.6. The maximum atomic E-state index is 12.9. The molecule has 0 bridgehead atoms. The molecule has 0 unspecified atom stereocenters. The van der Waals surface area contributed by atoms with Crippen LogP contribution in [0.2, 0.25) is 0 Å². The lowest BCUT2D eigenvalue weighted by Gasteiger charge is -2.18. The maximum Gasteiger partial charge on any atom is 0.328 e. The molecule has 3 rings (SSSR count). The number of rotatable bonds is 11. The maximum absolute atomic E-state index is 12.9. The number of non-ortho nitro benzene ring substituents is 1. The number of methoxy groups -OCH3 is 1. The van der Waals surface area contributed by atoms with Crippen LogP contribution in [0.3, 0.4) is 0 Å². The van der Waals surface area contributed by atoms with Gasteiger partial charge in [-0.15, -0.1) is 6.58 Å². The summed E-state index contributed by atoms with van der Waals surface area (Å²) in [5.41, 5.74) is 2.05. The van der Waals surface area contributed by atoms with Crippen molar-refractivity contribution in [3.63, 3.8) is 0 Å². The Morgan fingerprint density at radius 2 is 1.92 bits per heavy atom. The van der Waals surface area contributed by atoms with Crippen LogP contribution >= 0.6 is 11.8 Å². The second kappa shape index (κ2) is 12.2. The number of nitrogens with zero attached hydrogens (tertiary/aromatic N) is 2. The van der Waals surface area contributed by atoms with E-state index in [-0.39, 0.29) is 17.2 Å². The van der Waals surface area contributed by atoms with Crippen LogP contribution in [0, 0.1) is 10.1 Å². The predicted octanol–water partition coefficient (Wildman–Crippen LogP) is 4.90. The predicted molar refractivity (Wildman–Crippen MR) is 138 cm³/mol. The normalized spacial score (nSPS) is 15.0. The van der Waals surface area contributed by atoms with Crippen LogP contribution in [0.4, 0.5) is 10.5 Å². The Morgan fingerprint density at radius 1 is 1.22 bits per heavy atom. The summed E-state index contributed by atoms with van der Waals surface area (Å²) in [6.07, 6.45) is 3.68. The zero-order valence-corrected chi connectivity index (χ0v) is 21.4. The lowest BCUT2D eigenvalue weighted by atomic mass is 10.0. The minimum atomic E-state index is -1.05. The monoisotopic (exact) mass is 526 g/mol. The van der Waals surface area contributed by atoms with Crippen LogP contribution in [0.1, 0.15) is 30.5 Å². The molecule has 2 aromatic carbocycles. The van der Waals surface area contributed by atoms with Gasteiger partial charge in [-0.05, 0) is 73.5 Å². The van der Waals surface area contributed by atoms with E-state index in [2.05, 4.69) is 11.3 Å². The summed E-state index contributed by atoms with van der Waals surface area (Å²) in [6.45, 7) is 7.53. The summed E-state index contributed by atoms with van der Waals surface area (Å²) in [7, 11) is 1.19. The van der Waals surface area contributed by atoms with Crippen LogP contribution in [-0.4, -0.2) is 46.7 Å². The van der Waals surface area contributed by atoms with E-state index in [4.69, 9.17) is 9.47 Å². The highest BCUT2D eigenvalue weighted by molar-refractivity contribution is 8.18. The van der Waals surface area contributed by atoms with Gasteiger partial charge in [-0.1, -0.05) is 6.08 Å². The number of thioether (sulfide) groups is 1. The standard InChI is InChI=1S/C26H26N2O8S/c1-5-7-19-12-18(14-22-24(29)27(26(31)37-22)16(3)25(30)34-4)13-21(35-6-2)23(19)36-15-17-8-10-20(11-9-17)28(32)33/h5,8-14,16H,1,6-7,15H2,2-4H3/b22-14+/t16-/m1/s1. The number of esters is 1. The second-order valence-corrected chi connectivity index (χ2v) is 8.89. The highest BCUT2D eigenvalue weighted by Gasteiger charge is 2.41. The Hall–Kier alpha value is -4.12. The molecule has 2 aromatic rings. The van der Waals surface area contributed by atoms with Gasteiger partial charge < -0.3 is 14.2 Å². The van der Waals surface area contributed by atoms with E-state index in [0.717, 1.165) is 27.8 Å². The van der Waals surface area contributed by atoms with Crippen molar-refractivity contribution in [2.24, 2.45) is 0 Å². The third-order valence-electron chi connectivity index (χ3n) is 5.40. The lowest BCUT2D eigenvalue weighted by molar-refractivity contribution is -0.384. The third kappa shape index (κ3) is 6.36. The topological polar surface area (TPSA) is 125 Å². The van der Waals surface area contributed by atoms with Gasteiger partial charge >= 0.3 is 5.97 Å². The highest BCUT2D eigenvalue weighted by atomic mass is 32.2. The largest absolute Gasteiger partial charge is 0.490 e. The molecule has 0 radical (unpaired) electrons. The Balaban J connectivity index is 1.92. The molecule has 1 atom stereocenters. The van der Waals surface area contributed by atoms with Crippen LogP contribution in [0.25, 0.3) is 6.08 Å². The third-order valence-corrected chi connectivity index (χ3v) is 6.28. The zero-order chi connectivity index (χ0) is 27.1. The van der Waals surface area contributed by atoms with E-state index in [1.54, 1.807) is 36.4 Å². The lowest BCUT2D eigenvalue weighted by Crippen LogP contribution is -2.42. The van der Waals surface area contributed by atoms with Crippen LogP contribution in [-0.2, 0) is 27.4 Å². The van der Waals surface area contributed by atoms with Gasteiger partial charge in [0.15, 0.2) is 11.5 Å². The quantitative estimate of drug-likeness (QED) is 0.132. The molecule has 0 N–H and O–H groups in total. The first-order chi connectivity index (χ1) is 17.7. The minimum absolute atomic E-state index is 0.0131. The van der Waals surface area contributed by atoms with Gasteiger partial charge in [0.2, 0.25) is 0 Å². The number of benzene rings is 2. The average Bonchev–Trinajstić information content (AvgIpc) is 3.15. The molecule has 0 aromatic heterocycles. The molecule has 37 heavy (non-hydrogen) atoms. The molecule has 2 amide bonds. The fraction of sp³-hybridized carbons (Fsp3) is 0.269. The molecule has 1 saturated heterocycles. The molecule has 10 nitrogen and oxygen atoms in total. The van der Waals surface area contributed by atoms with Crippen molar-refractivity contribution >= 4 is 40.6 Å². The summed E-state index contributed by atoms with van der Waals surface area (Å²) in [4.78, 5) is 48.7. The first kappa shape index (κ1) is 27.5. The Morgan fingerprint density at radius 3 is 2.51 bits per heavy atom. The summed E-state index contributed by atoms with van der Waals surface area (Å²) in [6, 6.07) is 8.49. The number of carbonyl (C=O) groups excluding carboxylic acids is 3. The molecule has 194 valence electrons. The van der Waals surface area contributed by atoms with Crippen LogP contribution in [0.15, 0.2) is 54.0 Å². The van der Waals surface area contributed by atoms with Gasteiger partial charge in [-0.3, -0.25) is 24.6 Å². The van der Waals surface area contributed by atoms with Crippen molar-refractivity contribution in [2.45, 2.75) is 32.9 Å². The fourth-order valence-corrected chi connectivity index (χ4v) is 4.52. The Kier molecular flexibility index (Phi) is 9.07. The van der Waals surface area contributed by atoms with E-state index in [1.807, 2.05) is 6.92 Å². The van der Waals surface area contributed by atoms with Gasteiger partial charge in [0.05, 0.1) is 23.5 Å². The second-order valence-electron chi connectivity index (χ2n) is 7.90. The molecular weight excluding hydrogens is 500 g/mol. The van der Waals surface area contributed by atoms with Crippen LogP contribution < -0.4 is 9.47 Å². The van der Waals surface area contributed by atoms with Crippen LogP contribution in [0.5, 0.6) is 11.5 Å². The molecule has 11 heteroatoms. The number of nitro benzene ring substituents is 1. The van der Waals surface area contributed by atoms with E-state index in [9.17, 15) is 24.5 Å². The van der Waals surface area contributed by atoms with E-state index < -0.39 is 28.1 Å². The van der Waals surface area contributed by atoms with Gasteiger partial charge in [-0.25, -0.2) is 4.79 Å². The Labute approximate surface area is 218 Å². The number of hydrogen-bond acceptors (Lipinski definition) is 9. The molecule has 1 fully saturated rings. The number of imide groups is 1. The summed E-state index contributed by atoms with van der Waals surface area (Å²) >= 11 is 0.737. The van der Waals surface area contributed by atoms with E-state index in [0.29, 0.717) is 30.1 Å².